The van der Waals surface area contributed by atoms with E-state index < -0.39 is 0 Å². The average Bonchev–Trinajstić information content (AvgIpc) is 2.46. The lowest BCUT2D eigenvalue weighted by molar-refractivity contribution is 0.0925. The fourth-order valence-electron chi connectivity index (χ4n) is 3.04. The molecule has 0 radical (unpaired) electrons. The third-order valence-electron chi connectivity index (χ3n) is 4.32. The van der Waals surface area contributed by atoms with Gasteiger partial charge >= 0.3 is 0 Å². The smallest absolute Gasteiger partial charge is 0.279 e. The van der Waals surface area contributed by atoms with Gasteiger partial charge in [-0.15, -0.1) is 0 Å². The van der Waals surface area contributed by atoms with E-state index in [1.165, 1.54) is 11.1 Å². The number of nitrogens with one attached hydrogen (secondary N) is 1. The number of rotatable bonds is 4. The average molecular weight is 323 g/mol. The summed E-state index contributed by atoms with van der Waals surface area (Å²) in [4.78, 5) is 24.8. The molecule has 1 aromatic rings. The van der Waals surface area contributed by atoms with E-state index in [0.29, 0.717) is 10.8 Å². The minimum absolute atomic E-state index is 0.169. The van der Waals surface area contributed by atoms with E-state index in [1.54, 1.807) is 14.0 Å². The summed E-state index contributed by atoms with van der Waals surface area (Å²) in [5, 5.41) is 7.80. The second kappa shape index (κ2) is 7.31. The van der Waals surface area contributed by atoms with Gasteiger partial charge in [0.2, 0.25) is 0 Å². The number of carbonyl (C=O) groups excluding carboxylic acids is 1. The highest BCUT2D eigenvalue weighted by Crippen LogP contribution is 2.28. The minimum Gasteiger partial charge on any atom is -0.349 e. The summed E-state index contributed by atoms with van der Waals surface area (Å²) in [6.07, 6.45) is 4.35. The van der Waals surface area contributed by atoms with Gasteiger partial charge in [0, 0.05) is 18.3 Å². The predicted molar refractivity (Wildman–Crippen MR) is 90.6 cm³/mol. The summed E-state index contributed by atoms with van der Waals surface area (Å²) >= 11 is 1.96. The van der Waals surface area contributed by atoms with E-state index >= 15 is 0 Å². The number of nitrogens with zero attached hydrogens (tertiary/aromatic N) is 2. The van der Waals surface area contributed by atoms with E-state index in [-0.39, 0.29) is 23.1 Å². The normalized spacial score (nSPS) is 21.6. The Balaban J connectivity index is 2.14. The van der Waals surface area contributed by atoms with E-state index in [1.807, 2.05) is 18.7 Å². The van der Waals surface area contributed by atoms with Crippen molar-refractivity contribution in [2.45, 2.75) is 57.7 Å². The van der Waals surface area contributed by atoms with Crippen molar-refractivity contribution in [1.29, 1.82) is 0 Å². The third kappa shape index (κ3) is 3.72. The summed E-state index contributed by atoms with van der Waals surface area (Å²) in [6, 6.07) is 0.169. The first kappa shape index (κ1) is 17.1. The maximum absolute atomic E-state index is 12.6. The molecule has 5 nitrogen and oxygen atoms in total. The SMILES string of the molecule is CCS[C@H]1CCC[C@H](NC(=O)c2c(C)c(C)nn(C)c2=O)C1. The van der Waals surface area contributed by atoms with Crippen LogP contribution in [-0.4, -0.2) is 32.7 Å². The molecule has 0 aliphatic heterocycles. The lowest BCUT2D eigenvalue weighted by atomic mass is 9.94. The Hall–Kier alpha value is -1.30. The maximum atomic E-state index is 12.6. The number of carbonyl (C=O) groups is 1. The Bertz CT molecular complexity index is 610. The maximum Gasteiger partial charge on any atom is 0.279 e. The molecule has 0 bridgehead atoms. The summed E-state index contributed by atoms with van der Waals surface area (Å²) < 4.78 is 1.24. The molecule has 2 atom stereocenters. The third-order valence-corrected chi connectivity index (χ3v) is 5.55. The number of amides is 1. The zero-order chi connectivity index (χ0) is 16.3. The van der Waals surface area contributed by atoms with Crippen LogP contribution in [0.15, 0.2) is 4.79 Å². The molecule has 1 heterocycles. The molecule has 1 aliphatic carbocycles. The Kier molecular flexibility index (Phi) is 5.67. The van der Waals surface area contributed by atoms with E-state index in [4.69, 9.17) is 0 Å². The van der Waals surface area contributed by atoms with Crippen molar-refractivity contribution in [2.75, 3.05) is 5.75 Å². The molecule has 0 aromatic carbocycles. The van der Waals surface area contributed by atoms with Gasteiger partial charge in [-0.3, -0.25) is 9.59 Å². The van der Waals surface area contributed by atoms with Crippen LogP contribution in [0.5, 0.6) is 0 Å². The molecule has 1 saturated carbocycles. The molecular weight excluding hydrogens is 298 g/mol. The van der Waals surface area contributed by atoms with Crippen LogP contribution in [0.1, 0.15) is 54.2 Å². The standard InChI is InChI=1S/C16H25N3O2S/c1-5-22-13-8-6-7-12(9-13)17-15(20)14-10(2)11(3)18-19(4)16(14)21/h12-13H,5-9H2,1-4H3,(H,17,20)/t12-,13-/m0/s1. The first-order valence-corrected chi connectivity index (χ1v) is 8.95. The predicted octanol–water partition coefficient (Wildman–Crippen LogP) is 2.19. The monoisotopic (exact) mass is 323 g/mol. The number of hydrogen-bond donors (Lipinski definition) is 1. The molecule has 6 heteroatoms. The molecule has 0 unspecified atom stereocenters. The van der Waals surface area contributed by atoms with E-state index in [0.717, 1.165) is 30.7 Å². The fraction of sp³-hybridized carbons (Fsp3) is 0.688. The highest BCUT2D eigenvalue weighted by molar-refractivity contribution is 7.99. The van der Waals surface area contributed by atoms with E-state index in [9.17, 15) is 9.59 Å². The van der Waals surface area contributed by atoms with Crippen molar-refractivity contribution in [3.8, 4) is 0 Å². The number of aromatic nitrogens is 2. The van der Waals surface area contributed by atoms with Gasteiger partial charge in [0.15, 0.2) is 0 Å². The second-order valence-electron chi connectivity index (χ2n) is 5.93. The molecule has 1 amide bonds. The summed E-state index contributed by atoms with van der Waals surface area (Å²) in [7, 11) is 1.58. The Morgan fingerprint density at radius 3 is 2.82 bits per heavy atom. The Labute approximate surface area is 135 Å². The van der Waals surface area contributed by atoms with Crippen LogP contribution in [0.4, 0.5) is 0 Å². The molecule has 0 spiro atoms. The minimum atomic E-state index is -0.323. The molecule has 1 fully saturated rings. The quantitative estimate of drug-likeness (QED) is 0.922. The van der Waals surface area contributed by atoms with Crippen molar-refractivity contribution >= 4 is 17.7 Å². The van der Waals surface area contributed by atoms with Crippen molar-refractivity contribution in [1.82, 2.24) is 15.1 Å². The van der Waals surface area contributed by atoms with Gasteiger partial charge in [-0.2, -0.15) is 16.9 Å². The van der Waals surface area contributed by atoms with Crippen LogP contribution in [0, 0.1) is 13.8 Å². The first-order valence-electron chi connectivity index (χ1n) is 7.91. The molecule has 122 valence electrons. The molecule has 1 aromatic heterocycles. The summed E-state index contributed by atoms with van der Waals surface area (Å²) in [6.45, 7) is 5.77. The molecular formula is C16H25N3O2S. The van der Waals surface area contributed by atoms with Crippen molar-refractivity contribution in [3.63, 3.8) is 0 Å². The van der Waals surface area contributed by atoms with Gasteiger partial charge < -0.3 is 5.32 Å². The van der Waals surface area contributed by atoms with Gasteiger partial charge in [-0.05, 0) is 44.4 Å². The highest BCUT2D eigenvalue weighted by Gasteiger charge is 2.25. The Morgan fingerprint density at radius 2 is 2.14 bits per heavy atom. The zero-order valence-corrected chi connectivity index (χ0v) is 14.6. The lowest BCUT2D eigenvalue weighted by Gasteiger charge is -2.29. The summed E-state index contributed by atoms with van der Waals surface area (Å²) in [5.41, 5.74) is 1.31. The van der Waals surface area contributed by atoms with Crippen molar-refractivity contribution < 1.29 is 4.79 Å². The van der Waals surface area contributed by atoms with Crippen LogP contribution in [0.3, 0.4) is 0 Å². The van der Waals surface area contributed by atoms with Crippen molar-refractivity contribution in [2.24, 2.45) is 7.05 Å². The number of thioether (sulfide) groups is 1. The fourth-order valence-corrected chi connectivity index (χ4v) is 4.21. The van der Waals surface area contributed by atoms with Crippen LogP contribution < -0.4 is 10.9 Å². The van der Waals surface area contributed by atoms with Gasteiger partial charge in [0.05, 0.1) is 5.69 Å². The molecule has 0 saturated heterocycles. The van der Waals surface area contributed by atoms with Crippen LogP contribution in [-0.2, 0) is 7.05 Å². The Morgan fingerprint density at radius 1 is 1.41 bits per heavy atom. The van der Waals surface area contributed by atoms with Gasteiger partial charge in [0.1, 0.15) is 5.56 Å². The zero-order valence-electron chi connectivity index (χ0n) is 13.8. The van der Waals surface area contributed by atoms with Crippen LogP contribution >= 0.6 is 11.8 Å². The first-order chi connectivity index (χ1) is 10.4. The van der Waals surface area contributed by atoms with Crippen LogP contribution in [0.2, 0.25) is 0 Å². The highest BCUT2D eigenvalue weighted by atomic mass is 32.2. The van der Waals surface area contributed by atoms with E-state index in [2.05, 4.69) is 17.3 Å². The lowest BCUT2D eigenvalue weighted by Crippen LogP contribution is -2.42. The largest absolute Gasteiger partial charge is 0.349 e. The molecule has 2 rings (SSSR count). The van der Waals surface area contributed by atoms with Gasteiger partial charge in [-0.1, -0.05) is 13.3 Å². The summed E-state index contributed by atoms with van der Waals surface area (Å²) in [5.74, 6) is 0.852. The molecule has 1 aliphatic rings. The number of hydrogen-bond acceptors (Lipinski definition) is 4. The molecule has 22 heavy (non-hydrogen) atoms. The van der Waals surface area contributed by atoms with Crippen LogP contribution in [0.25, 0.3) is 0 Å². The van der Waals surface area contributed by atoms with Gasteiger partial charge in [-0.25, -0.2) is 4.68 Å². The second-order valence-corrected chi connectivity index (χ2v) is 7.51. The molecule has 1 N–H and O–H groups in total. The number of aryl methyl sites for hydroxylation is 2. The van der Waals surface area contributed by atoms with Gasteiger partial charge in [0.25, 0.3) is 11.5 Å². The topological polar surface area (TPSA) is 64.0 Å². The van der Waals surface area contributed by atoms with Crippen molar-refractivity contribution in [3.05, 3.63) is 27.2 Å².